The topological polar surface area (TPSA) is 129 Å². The SMILES string of the molecule is CCC1C(CC)C(O[Si](C)(C)C)C(O[Si](C)(C)C)C1CC.CCC1CC(CC)C(O[Si](C)(C)C)C1O[Si](C)(C)C.CCC1CC(O[Si](C)(C)C)C(O[Si](C)(C)C)C1.CCC1CC(O[Si](C)(C)C)C(O[Si](C)(C)C)C1CC.CCCC1CC(O[Si](C)(C)C)C(O[Si](C)(C)C)C1.CCCC1CC(O[Si](C)(C)C)C(O[Si](C)(C)C)C1CCC.CCCC1CCC(O[Si](C)(C)C)C1O[Si](C)(C)C.[Li+].[Li+].[Li+].[Li+].[Li+].[Li+].[Li+]. The van der Waals surface area contributed by atoms with E-state index in [9.17, 15) is 0 Å². The quantitative estimate of drug-likeness (QED) is 0.0537. The van der Waals surface area contributed by atoms with E-state index in [1.807, 2.05) is 0 Å². The second kappa shape index (κ2) is 70.7. The molecule has 0 N–H and O–H groups in total. The molecule has 14 nitrogen and oxygen atoms in total. The van der Waals surface area contributed by atoms with E-state index in [4.69, 9.17) is 62.0 Å². The summed E-state index contributed by atoms with van der Waals surface area (Å²) in [6, 6.07) is 0. The summed E-state index contributed by atoms with van der Waals surface area (Å²) in [5.41, 5.74) is 0. The average molecular weight is 2170 g/mol. The Morgan fingerprint density at radius 3 is 0.636 bits per heavy atom. The van der Waals surface area contributed by atoms with Gasteiger partial charge in [0.1, 0.15) is 0 Å². The van der Waals surface area contributed by atoms with Crippen molar-refractivity contribution in [1.29, 1.82) is 0 Å². The molecule has 7 fully saturated rings. The molecule has 0 radical (unpaired) electrons. The Hall–Kier alpha value is 6.66. The Labute approximate surface area is 974 Å². The maximum Gasteiger partial charge on any atom is 1.00 e. The van der Waals surface area contributed by atoms with Crippen molar-refractivity contribution in [2.24, 2.45) is 71.0 Å². The maximum atomic E-state index is 6.66. The fourth-order valence-corrected chi connectivity index (χ4v) is 38.6. The van der Waals surface area contributed by atoms with Crippen LogP contribution in [-0.2, 0) is 62.0 Å². The van der Waals surface area contributed by atoms with Gasteiger partial charge < -0.3 is 62.0 Å². The van der Waals surface area contributed by atoms with Crippen LogP contribution in [-0.4, -0.2) is 202 Å². The van der Waals surface area contributed by atoms with Crippen LogP contribution in [0.4, 0.5) is 0 Å². The van der Waals surface area contributed by atoms with E-state index in [1.165, 1.54) is 161 Å². The summed E-state index contributed by atoms with van der Waals surface area (Å²) in [5.74, 6) is 8.84. The van der Waals surface area contributed by atoms with Crippen LogP contribution < -0.4 is 132 Å². The van der Waals surface area contributed by atoms with E-state index in [0.717, 1.165) is 35.5 Å². The van der Waals surface area contributed by atoms with Crippen molar-refractivity contribution in [2.75, 3.05) is 0 Å². The summed E-state index contributed by atoms with van der Waals surface area (Å²) in [5, 5.41) is 0. The molecule has 0 aromatic rings. The van der Waals surface area contributed by atoms with Crippen molar-refractivity contribution in [3.05, 3.63) is 0 Å². The Balaban J connectivity index is -0.000000293. The molecule has 23 atom stereocenters. The van der Waals surface area contributed by atoms with Crippen LogP contribution in [0.15, 0.2) is 0 Å². The van der Waals surface area contributed by atoms with Gasteiger partial charge in [0.05, 0.1) is 85.5 Å². The van der Waals surface area contributed by atoms with Gasteiger partial charge in [-0.2, -0.15) is 0 Å². The zero-order chi connectivity index (χ0) is 104. The molecule has 0 aliphatic heterocycles. The number of hydrogen-bond acceptors (Lipinski definition) is 14. The molecule has 0 bridgehead atoms. The molecule has 140 heavy (non-hydrogen) atoms. The molecule has 7 saturated carbocycles. The van der Waals surface area contributed by atoms with Gasteiger partial charge in [0, 0.05) is 0 Å². The van der Waals surface area contributed by atoms with Crippen LogP contribution in [0.1, 0.15) is 244 Å². The number of hydrogen-bond donors (Lipinski definition) is 0. The van der Waals surface area contributed by atoms with Gasteiger partial charge in [-0.15, -0.1) is 0 Å². The molecular formula is C105H238Li7O14Si14+7. The Morgan fingerprint density at radius 2 is 0.379 bits per heavy atom. The smallest absolute Gasteiger partial charge is 0.412 e. The van der Waals surface area contributed by atoms with Gasteiger partial charge in [0.2, 0.25) is 0 Å². The predicted molar refractivity (Wildman–Crippen MR) is 620 cm³/mol. The molecule has 0 spiro atoms. The molecule has 0 heterocycles. The fraction of sp³-hybridized carbons (Fsp3) is 1.00. The minimum atomic E-state index is -1.55. The summed E-state index contributed by atoms with van der Waals surface area (Å²) in [6.07, 6.45) is 36.1. The van der Waals surface area contributed by atoms with Crippen molar-refractivity contribution >= 4 is 116 Å². The molecule has 0 amide bonds. The fourth-order valence-electron chi connectivity index (χ4n) is 22.5. The van der Waals surface area contributed by atoms with Gasteiger partial charge in [-0.3, -0.25) is 0 Å². The molecule has 7 aliphatic carbocycles. The summed E-state index contributed by atoms with van der Waals surface area (Å²) >= 11 is 0. The number of rotatable bonds is 44. The summed E-state index contributed by atoms with van der Waals surface area (Å²) in [4.78, 5) is 0. The normalized spacial score (nSPS) is 30.1. The van der Waals surface area contributed by atoms with Gasteiger partial charge in [-0.1, -0.05) is 173 Å². The van der Waals surface area contributed by atoms with Crippen LogP contribution in [0.25, 0.3) is 0 Å². The second-order valence-electron chi connectivity index (χ2n) is 55.7. The average Bonchev–Trinajstić information content (AvgIpc) is 1.62. The van der Waals surface area contributed by atoms with Gasteiger partial charge in [-0.25, -0.2) is 0 Å². The second-order valence-corrected chi connectivity index (χ2v) is 118. The Morgan fingerprint density at radius 1 is 0.150 bits per heavy atom. The van der Waals surface area contributed by atoms with E-state index in [0.29, 0.717) is 121 Å². The largest absolute Gasteiger partial charge is 1.00 e. The molecule has 7 aliphatic rings. The minimum absolute atomic E-state index is 0. The Kier molecular flexibility index (Phi) is 80.5. The van der Waals surface area contributed by atoms with Crippen LogP contribution >= 0.6 is 0 Å². The van der Waals surface area contributed by atoms with Crippen molar-refractivity contribution < 1.29 is 194 Å². The van der Waals surface area contributed by atoms with Gasteiger partial charge in [0.25, 0.3) is 0 Å². The van der Waals surface area contributed by atoms with E-state index in [1.54, 1.807) is 0 Å². The summed E-state index contributed by atoms with van der Waals surface area (Å²) in [7, 11) is -20.9. The molecule has 798 valence electrons. The van der Waals surface area contributed by atoms with Gasteiger partial charge >= 0.3 is 132 Å². The molecule has 0 aromatic heterocycles. The first-order valence-electron chi connectivity index (χ1n) is 55.6. The van der Waals surface area contributed by atoms with E-state index >= 15 is 0 Å². The molecular weight excluding hydrogens is 1930 g/mol. The molecule has 0 aromatic carbocycles. The van der Waals surface area contributed by atoms with Crippen molar-refractivity contribution in [3.8, 4) is 0 Å². The van der Waals surface area contributed by atoms with E-state index in [2.05, 4.69) is 358 Å². The van der Waals surface area contributed by atoms with Crippen molar-refractivity contribution in [1.82, 2.24) is 0 Å². The molecule has 35 heteroatoms. The van der Waals surface area contributed by atoms with Crippen LogP contribution in [0.3, 0.4) is 0 Å². The maximum absolute atomic E-state index is 6.66. The van der Waals surface area contributed by atoms with Crippen molar-refractivity contribution in [2.45, 2.75) is 604 Å². The third-order valence-electron chi connectivity index (χ3n) is 26.4. The zero-order valence-corrected chi connectivity index (χ0v) is 120. The Bertz CT molecular complexity index is 2960. The minimum Gasteiger partial charge on any atom is -0.412 e. The van der Waals surface area contributed by atoms with E-state index in [-0.39, 0.29) is 132 Å². The summed E-state index contributed by atoms with van der Waals surface area (Å²) < 4.78 is 90.8. The van der Waals surface area contributed by atoms with Crippen LogP contribution in [0.2, 0.25) is 275 Å². The molecule has 0 saturated heterocycles. The first-order valence-corrected chi connectivity index (χ1v) is 103. The standard InChI is InChI=1S/2C17H38O2Si2.2C15H34O2Si2.2C14H32O2Si2.C13H30O2Si2.7Li/c1-10-13-14(11-2)16(18-20(4,5)6)17(15(13)12-3)19-21(7,8)9;1-9-11-14-13-16(18-20(3,4)5)17(15(14)12-10-2)19-21(6,7)8;1-9-12-11-14(16-18(3,4)5)15(13(12)10-2)17-19(6,7)8;1-9-12-11-13(10-2)15(17-19(6,7)8)14(12)16-18(3,4)5;1-8-9-12-10-13(15-17(2,3)4)14(11-12)16-18(5,6)7;1-8-9-12-10-11-13(15-17(2,3)4)14(12)16-18(5,6)7;1-8-11-9-12(14-16(2,3)4)13(10-11)15-17(5,6)7;;;;;;;/h13-17H,10-12H2,1-9H3;14-17H,9-13H2,1-8H3;2*12-15H,9-11H2,1-8H3;2*12-14H,8-11H2,1-7H3;11-13H,8-10H2,1-7H3;;;;;;;/q;;;;;;;7*+1. The van der Waals surface area contributed by atoms with Gasteiger partial charge in [0.15, 0.2) is 116 Å². The third-order valence-corrected chi connectivity index (χ3v) is 40.3. The predicted octanol–water partition coefficient (Wildman–Crippen LogP) is 13.5. The van der Waals surface area contributed by atoms with Gasteiger partial charge in [-0.05, 0) is 417 Å². The first-order chi connectivity index (χ1) is 60.1. The molecule has 7 rings (SSSR count). The van der Waals surface area contributed by atoms with Crippen molar-refractivity contribution in [3.63, 3.8) is 0 Å². The monoisotopic (exact) mass is 2160 g/mol. The van der Waals surface area contributed by atoms with Crippen LogP contribution in [0, 0.1) is 71.0 Å². The summed E-state index contributed by atoms with van der Waals surface area (Å²) in [6.45, 7) is 124. The van der Waals surface area contributed by atoms with Crippen LogP contribution in [0.5, 0.6) is 0 Å². The van der Waals surface area contributed by atoms with E-state index < -0.39 is 116 Å². The zero-order valence-electron chi connectivity index (χ0n) is 106. The first kappa shape index (κ1) is 160. The third kappa shape index (κ3) is 67.9. The molecule has 23 unspecified atom stereocenters.